The van der Waals surface area contributed by atoms with Gasteiger partial charge in [-0.3, -0.25) is 0 Å². The standard InChI is InChI=1S/C10H14N4O2/c1-7(9-11-5-16-14-9)3-4-8(2)10-13-12-6-15-10/h5-8H,3-4H2,1-2H3. The van der Waals surface area contributed by atoms with Gasteiger partial charge >= 0.3 is 0 Å². The van der Waals surface area contributed by atoms with Crippen molar-refractivity contribution in [2.24, 2.45) is 0 Å². The molecule has 2 aromatic rings. The summed E-state index contributed by atoms with van der Waals surface area (Å²) in [5, 5.41) is 11.4. The molecule has 0 aliphatic carbocycles. The Morgan fingerprint density at radius 3 is 2.62 bits per heavy atom. The van der Waals surface area contributed by atoms with Gasteiger partial charge in [0.05, 0.1) is 0 Å². The summed E-state index contributed by atoms with van der Waals surface area (Å²) in [6.07, 6.45) is 4.63. The van der Waals surface area contributed by atoms with E-state index in [1.54, 1.807) is 0 Å². The third kappa shape index (κ3) is 2.44. The van der Waals surface area contributed by atoms with Gasteiger partial charge in [-0.25, -0.2) is 0 Å². The van der Waals surface area contributed by atoms with Crippen LogP contribution in [0.1, 0.15) is 50.2 Å². The molecule has 0 aromatic carbocycles. The molecule has 0 aliphatic rings. The lowest BCUT2D eigenvalue weighted by atomic mass is 9.98. The first-order valence-corrected chi connectivity index (χ1v) is 5.29. The van der Waals surface area contributed by atoms with Crippen LogP contribution in [-0.2, 0) is 0 Å². The molecule has 0 amide bonds. The Hall–Kier alpha value is -1.72. The van der Waals surface area contributed by atoms with Gasteiger partial charge in [0.15, 0.2) is 5.82 Å². The quantitative estimate of drug-likeness (QED) is 0.771. The fourth-order valence-electron chi connectivity index (χ4n) is 1.54. The maximum Gasteiger partial charge on any atom is 0.219 e. The van der Waals surface area contributed by atoms with Crippen LogP contribution in [0.3, 0.4) is 0 Å². The smallest absolute Gasteiger partial charge is 0.219 e. The Morgan fingerprint density at radius 1 is 1.19 bits per heavy atom. The minimum atomic E-state index is 0.261. The minimum Gasteiger partial charge on any atom is -0.428 e. The summed E-state index contributed by atoms with van der Waals surface area (Å²) in [6.45, 7) is 4.14. The molecule has 2 aromatic heterocycles. The van der Waals surface area contributed by atoms with Gasteiger partial charge in [0.2, 0.25) is 18.7 Å². The summed E-state index contributed by atoms with van der Waals surface area (Å²) in [4.78, 5) is 4.03. The van der Waals surface area contributed by atoms with Crippen molar-refractivity contribution in [3.05, 3.63) is 24.5 Å². The highest BCUT2D eigenvalue weighted by Crippen LogP contribution is 2.24. The molecule has 16 heavy (non-hydrogen) atoms. The van der Waals surface area contributed by atoms with E-state index in [0.29, 0.717) is 5.89 Å². The van der Waals surface area contributed by atoms with Gasteiger partial charge in [-0.15, -0.1) is 10.2 Å². The second kappa shape index (κ2) is 4.87. The Morgan fingerprint density at radius 2 is 2.00 bits per heavy atom. The molecule has 2 unspecified atom stereocenters. The summed E-state index contributed by atoms with van der Waals surface area (Å²) in [6, 6.07) is 0. The van der Waals surface area contributed by atoms with E-state index in [1.807, 2.05) is 0 Å². The molecule has 6 heteroatoms. The van der Waals surface area contributed by atoms with E-state index in [2.05, 4.69) is 34.2 Å². The second-order valence-electron chi connectivity index (χ2n) is 3.95. The molecular weight excluding hydrogens is 208 g/mol. The van der Waals surface area contributed by atoms with Gasteiger partial charge in [0.1, 0.15) is 0 Å². The average Bonchev–Trinajstić information content (AvgIpc) is 2.95. The second-order valence-corrected chi connectivity index (χ2v) is 3.95. The molecule has 0 N–H and O–H groups in total. The predicted octanol–water partition coefficient (Wildman–Crippen LogP) is 2.14. The van der Waals surface area contributed by atoms with Crippen molar-refractivity contribution in [2.45, 2.75) is 38.5 Å². The zero-order valence-corrected chi connectivity index (χ0v) is 9.33. The first-order chi connectivity index (χ1) is 7.77. The summed E-state index contributed by atoms with van der Waals surface area (Å²) >= 11 is 0. The molecule has 0 radical (unpaired) electrons. The number of hydrogen-bond donors (Lipinski definition) is 0. The topological polar surface area (TPSA) is 77.8 Å². The van der Waals surface area contributed by atoms with E-state index >= 15 is 0 Å². The van der Waals surface area contributed by atoms with Crippen LogP contribution in [-0.4, -0.2) is 20.3 Å². The SMILES string of the molecule is CC(CCC(C)c1nnco1)c1ncon1. The molecule has 2 atom stereocenters. The zero-order chi connectivity index (χ0) is 11.4. The lowest BCUT2D eigenvalue weighted by Crippen LogP contribution is -2.00. The van der Waals surface area contributed by atoms with Crippen LogP contribution in [0.5, 0.6) is 0 Å². The molecule has 0 spiro atoms. The molecule has 0 aliphatic heterocycles. The van der Waals surface area contributed by atoms with Gasteiger partial charge < -0.3 is 8.94 Å². The van der Waals surface area contributed by atoms with E-state index in [4.69, 9.17) is 8.94 Å². The van der Waals surface area contributed by atoms with Gasteiger partial charge in [-0.05, 0) is 12.8 Å². The van der Waals surface area contributed by atoms with Gasteiger partial charge in [0, 0.05) is 11.8 Å². The van der Waals surface area contributed by atoms with Crippen molar-refractivity contribution < 1.29 is 8.94 Å². The van der Waals surface area contributed by atoms with Crippen molar-refractivity contribution in [3.63, 3.8) is 0 Å². The van der Waals surface area contributed by atoms with E-state index in [1.165, 1.54) is 12.8 Å². The van der Waals surface area contributed by atoms with Gasteiger partial charge in [0.25, 0.3) is 0 Å². The molecule has 0 saturated carbocycles. The summed E-state index contributed by atoms with van der Waals surface area (Å²) < 4.78 is 9.86. The van der Waals surface area contributed by atoms with Crippen LogP contribution in [0.4, 0.5) is 0 Å². The maximum absolute atomic E-state index is 5.15. The van der Waals surface area contributed by atoms with Crippen LogP contribution in [0.2, 0.25) is 0 Å². The van der Waals surface area contributed by atoms with Gasteiger partial charge in [-0.2, -0.15) is 4.98 Å². The third-order valence-corrected chi connectivity index (χ3v) is 2.65. The number of aromatic nitrogens is 4. The predicted molar refractivity (Wildman–Crippen MR) is 54.7 cm³/mol. The van der Waals surface area contributed by atoms with E-state index in [0.717, 1.165) is 18.7 Å². The molecule has 2 heterocycles. The van der Waals surface area contributed by atoms with Crippen molar-refractivity contribution >= 4 is 0 Å². The highest BCUT2D eigenvalue weighted by atomic mass is 16.5. The summed E-state index contributed by atoms with van der Waals surface area (Å²) in [7, 11) is 0. The number of nitrogens with zero attached hydrogens (tertiary/aromatic N) is 4. The molecule has 6 nitrogen and oxygen atoms in total. The molecule has 0 bridgehead atoms. The van der Waals surface area contributed by atoms with Crippen molar-refractivity contribution in [1.29, 1.82) is 0 Å². The average molecular weight is 222 g/mol. The van der Waals surface area contributed by atoms with E-state index in [-0.39, 0.29) is 11.8 Å². The number of hydrogen-bond acceptors (Lipinski definition) is 6. The maximum atomic E-state index is 5.15. The normalized spacial score (nSPS) is 14.9. The van der Waals surface area contributed by atoms with Crippen LogP contribution in [0.25, 0.3) is 0 Å². The van der Waals surface area contributed by atoms with Crippen LogP contribution in [0, 0.1) is 0 Å². The molecular formula is C10H14N4O2. The fraction of sp³-hybridized carbons (Fsp3) is 0.600. The monoisotopic (exact) mass is 222 g/mol. The largest absolute Gasteiger partial charge is 0.428 e. The highest BCUT2D eigenvalue weighted by Gasteiger charge is 2.15. The van der Waals surface area contributed by atoms with E-state index < -0.39 is 0 Å². The highest BCUT2D eigenvalue weighted by molar-refractivity contribution is 4.91. The summed E-state index contributed by atoms with van der Waals surface area (Å²) in [5.74, 6) is 1.97. The van der Waals surface area contributed by atoms with Crippen molar-refractivity contribution in [1.82, 2.24) is 20.3 Å². The Bertz CT molecular complexity index is 358. The van der Waals surface area contributed by atoms with Gasteiger partial charge in [-0.1, -0.05) is 19.0 Å². The lowest BCUT2D eigenvalue weighted by Gasteiger charge is -2.09. The molecule has 86 valence electrons. The zero-order valence-electron chi connectivity index (χ0n) is 9.33. The lowest BCUT2D eigenvalue weighted by molar-refractivity contribution is 0.397. The fourth-order valence-corrected chi connectivity index (χ4v) is 1.54. The summed E-state index contributed by atoms with van der Waals surface area (Å²) in [5.41, 5.74) is 0. The van der Waals surface area contributed by atoms with E-state index in [9.17, 15) is 0 Å². The Labute approximate surface area is 93.1 Å². The van der Waals surface area contributed by atoms with Crippen LogP contribution >= 0.6 is 0 Å². The molecule has 0 fully saturated rings. The van der Waals surface area contributed by atoms with Crippen LogP contribution < -0.4 is 0 Å². The number of rotatable bonds is 5. The first-order valence-electron chi connectivity index (χ1n) is 5.29. The molecule has 0 saturated heterocycles. The third-order valence-electron chi connectivity index (χ3n) is 2.65. The van der Waals surface area contributed by atoms with Crippen molar-refractivity contribution in [3.8, 4) is 0 Å². The van der Waals surface area contributed by atoms with Crippen LogP contribution in [0.15, 0.2) is 21.7 Å². The molecule has 2 rings (SSSR count). The van der Waals surface area contributed by atoms with Crippen molar-refractivity contribution in [2.75, 3.05) is 0 Å². The minimum absolute atomic E-state index is 0.261. The Kier molecular flexibility index (Phi) is 3.28. The Balaban J connectivity index is 1.84. The first kappa shape index (κ1) is 10.8.